The Morgan fingerprint density at radius 2 is 1.43 bits per heavy atom. The molecule has 0 amide bonds. The van der Waals surface area contributed by atoms with Crippen molar-refractivity contribution in [3.63, 3.8) is 0 Å². The fourth-order valence-electron chi connectivity index (χ4n) is 2.69. The lowest BCUT2D eigenvalue weighted by molar-refractivity contribution is 0.178. The molecule has 5 nitrogen and oxygen atoms in total. The summed E-state index contributed by atoms with van der Waals surface area (Å²) in [5.41, 5.74) is 0. The van der Waals surface area contributed by atoms with E-state index in [-0.39, 0.29) is 24.0 Å². The summed E-state index contributed by atoms with van der Waals surface area (Å²) >= 11 is 0. The number of hydrogen-bond donors (Lipinski definition) is 2. The van der Waals surface area contributed by atoms with E-state index in [0.29, 0.717) is 12.1 Å². The van der Waals surface area contributed by atoms with Crippen molar-refractivity contribution < 1.29 is 0 Å². The quantitative estimate of drug-likeness (QED) is 0.224. The average Bonchev–Trinajstić information content (AvgIpc) is 2.48. The highest BCUT2D eigenvalue weighted by molar-refractivity contribution is 14.0. The van der Waals surface area contributed by atoms with Gasteiger partial charge in [-0.25, -0.2) is 0 Å². The molecule has 0 saturated heterocycles. The van der Waals surface area contributed by atoms with E-state index in [1.54, 1.807) is 0 Å². The summed E-state index contributed by atoms with van der Waals surface area (Å²) in [7, 11) is 1.84. The molecule has 0 unspecified atom stereocenters. The van der Waals surface area contributed by atoms with Crippen molar-refractivity contribution in [1.82, 2.24) is 20.4 Å². The maximum Gasteiger partial charge on any atom is 0.191 e. The molecule has 140 valence electrons. The summed E-state index contributed by atoms with van der Waals surface area (Å²) < 4.78 is 0. The SMILES string of the molecule is CCN(CC)CCCNC(=NC)NCCN(C(C)C)C(C)C.I. The van der Waals surface area contributed by atoms with Crippen molar-refractivity contribution in [3.05, 3.63) is 0 Å². The molecule has 0 heterocycles. The second kappa shape index (κ2) is 15.4. The minimum absolute atomic E-state index is 0. The third kappa shape index (κ3) is 12.0. The van der Waals surface area contributed by atoms with Gasteiger partial charge in [-0.05, 0) is 53.8 Å². The predicted molar refractivity (Wildman–Crippen MR) is 114 cm³/mol. The lowest BCUT2D eigenvalue weighted by Gasteiger charge is -2.30. The molecule has 0 radical (unpaired) electrons. The van der Waals surface area contributed by atoms with Crippen LogP contribution in [0.15, 0.2) is 4.99 Å². The molecular formula is C17H40IN5. The van der Waals surface area contributed by atoms with Gasteiger partial charge in [-0.2, -0.15) is 0 Å². The molecule has 0 aromatic heterocycles. The average molecular weight is 441 g/mol. The van der Waals surface area contributed by atoms with Gasteiger partial charge in [-0.1, -0.05) is 13.8 Å². The van der Waals surface area contributed by atoms with Crippen LogP contribution in [0.2, 0.25) is 0 Å². The number of guanidine groups is 1. The van der Waals surface area contributed by atoms with Crippen molar-refractivity contribution in [1.29, 1.82) is 0 Å². The van der Waals surface area contributed by atoms with Gasteiger partial charge in [0, 0.05) is 38.8 Å². The molecule has 0 aliphatic rings. The molecule has 0 aromatic rings. The molecule has 6 heteroatoms. The Labute approximate surface area is 161 Å². The van der Waals surface area contributed by atoms with Crippen LogP contribution in [-0.2, 0) is 0 Å². The maximum absolute atomic E-state index is 4.29. The summed E-state index contributed by atoms with van der Waals surface area (Å²) in [6.07, 6.45) is 1.15. The first-order chi connectivity index (χ1) is 10.5. The summed E-state index contributed by atoms with van der Waals surface area (Å²) in [5.74, 6) is 0.909. The Kier molecular flexibility index (Phi) is 16.9. The van der Waals surface area contributed by atoms with Gasteiger partial charge >= 0.3 is 0 Å². The highest BCUT2D eigenvalue weighted by Crippen LogP contribution is 2.03. The summed E-state index contributed by atoms with van der Waals surface area (Å²) in [6, 6.07) is 1.15. The van der Waals surface area contributed by atoms with Gasteiger partial charge in [-0.15, -0.1) is 24.0 Å². The number of nitrogens with zero attached hydrogens (tertiary/aromatic N) is 3. The fourth-order valence-corrected chi connectivity index (χ4v) is 2.69. The number of hydrogen-bond acceptors (Lipinski definition) is 3. The van der Waals surface area contributed by atoms with E-state index >= 15 is 0 Å². The largest absolute Gasteiger partial charge is 0.356 e. The molecule has 0 bridgehead atoms. The van der Waals surface area contributed by atoms with Gasteiger partial charge in [0.25, 0.3) is 0 Å². The molecule has 0 aromatic carbocycles. The minimum atomic E-state index is 0. The smallest absolute Gasteiger partial charge is 0.191 e. The summed E-state index contributed by atoms with van der Waals surface area (Å²) in [5, 5.41) is 6.81. The van der Waals surface area contributed by atoms with Crippen molar-refractivity contribution in [3.8, 4) is 0 Å². The fraction of sp³-hybridized carbons (Fsp3) is 0.941. The van der Waals surface area contributed by atoms with Crippen LogP contribution in [-0.4, -0.2) is 74.2 Å². The normalized spacial score (nSPS) is 12.2. The molecule has 0 spiro atoms. The zero-order valence-corrected chi connectivity index (χ0v) is 18.7. The minimum Gasteiger partial charge on any atom is -0.356 e. The van der Waals surface area contributed by atoms with Gasteiger partial charge in [0.05, 0.1) is 0 Å². The monoisotopic (exact) mass is 441 g/mol. The summed E-state index contributed by atoms with van der Waals surface area (Å²) in [4.78, 5) is 9.23. The van der Waals surface area contributed by atoms with Gasteiger partial charge in [-0.3, -0.25) is 9.89 Å². The Balaban J connectivity index is 0. The van der Waals surface area contributed by atoms with E-state index in [4.69, 9.17) is 0 Å². The lowest BCUT2D eigenvalue weighted by Crippen LogP contribution is -2.45. The van der Waals surface area contributed by atoms with Gasteiger partial charge < -0.3 is 15.5 Å². The standard InChI is InChI=1S/C17H39N5.HI/c1-8-21(9-2)13-10-11-19-17(18-7)20-12-14-22(15(3)4)16(5)6;/h15-16H,8-14H2,1-7H3,(H2,18,19,20);1H. The van der Waals surface area contributed by atoms with Crippen LogP contribution in [0, 0.1) is 0 Å². The number of rotatable bonds is 11. The zero-order chi connectivity index (χ0) is 17.0. The number of halogens is 1. The number of aliphatic imine (C=N–C) groups is 1. The van der Waals surface area contributed by atoms with Gasteiger partial charge in [0.2, 0.25) is 0 Å². The maximum atomic E-state index is 4.29. The molecule has 0 saturated carbocycles. The topological polar surface area (TPSA) is 42.9 Å². The molecule has 0 atom stereocenters. The Bertz CT molecular complexity index is 283. The van der Waals surface area contributed by atoms with Crippen LogP contribution in [0.4, 0.5) is 0 Å². The van der Waals surface area contributed by atoms with Crippen molar-refractivity contribution in [2.24, 2.45) is 4.99 Å². The first kappa shape index (κ1) is 25.2. The molecule has 2 N–H and O–H groups in total. The molecule has 0 rings (SSSR count). The lowest BCUT2D eigenvalue weighted by atomic mass is 10.2. The molecule has 0 aliphatic heterocycles. The van der Waals surface area contributed by atoms with Crippen molar-refractivity contribution in [2.45, 2.75) is 60.0 Å². The van der Waals surface area contributed by atoms with E-state index in [2.05, 4.69) is 67.0 Å². The third-order valence-electron chi connectivity index (χ3n) is 4.05. The Morgan fingerprint density at radius 3 is 1.87 bits per heavy atom. The Hall–Kier alpha value is -0.0800. The Morgan fingerprint density at radius 1 is 0.913 bits per heavy atom. The number of nitrogens with one attached hydrogen (secondary N) is 2. The van der Waals surface area contributed by atoms with E-state index in [9.17, 15) is 0 Å². The van der Waals surface area contributed by atoms with Gasteiger partial charge in [0.15, 0.2) is 5.96 Å². The second-order valence-corrected chi connectivity index (χ2v) is 6.23. The van der Waals surface area contributed by atoms with E-state index in [1.165, 1.54) is 0 Å². The molecular weight excluding hydrogens is 401 g/mol. The van der Waals surface area contributed by atoms with Crippen molar-refractivity contribution in [2.75, 3.05) is 46.3 Å². The van der Waals surface area contributed by atoms with E-state index < -0.39 is 0 Å². The molecule has 0 aliphatic carbocycles. The van der Waals surface area contributed by atoms with Crippen LogP contribution < -0.4 is 10.6 Å². The van der Waals surface area contributed by atoms with Gasteiger partial charge in [0.1, 0.15) is 0 Å². The zero-order valence-electron chi connectivity index (χ0n) is 16.4. The first-order valence-electron chi connectivity index (χ1n) is 8.88. The van der Waals surface area contributed by atoms with Crippen molar-refractivity contribution >= 4 is 29.9 Å². The third-order valence-corrected chi connectivity index (χ3v) is 4.05. The van der Waals surface area contributed by atoms with E-state index in [0.717, 1.165) is 51.6 Å². The van der Waals surface area contributed by atoms with Crippen LogP contribution in [0.3, 0.4) is 0 Å². The van der Waals surface area contributed by atoms with Crippen LogP contribution in [0.5, 0.6) is 0 Å². The second-order valence-electron chi connectivity index (χ2n) is 6.23. The molecule has 0 fully saturated rings. The highest BCUT2D eigenvalue weighted by Gasteiger charge is 2.12. The van der Waals surface area contributed by atoms with Crippen LogP contribution in [0.1, 0.15) is 48.0 Å². The van der Waals surface area contributed by atoms with Crippen LogP contribution in [0.25, 0.3) is 0 Å². The van der Waals surface area contributed by atoms with E-state index in [1.807, 2.05) is 7.05 Å². The predicted octanol–water partition coefficient (Wildman–Crippen LogP) is 2.62. The van der Waals surface area contributed by atoms with Crippen LogP contribution >= 0.6 is 24.0 Å². The molecule has 23 heavy (non-hydrogen) atoms. The highest BCUT2D eigenvalue weighted by atomic mass is 127. The first-order valence-corrected chi connectivity index (χ1v) is 8.88. The summed E-state index contributed by atoms with van der Waals surface area (Å²) in [6.45, 7) is 19.8.